The first kappa shape index (κ1) is 8.58. The van der Waals surface area contributed by atoms with Crippen LogP contribution in [0.5, 0.6) is 0 Å². The maximum Gasteiger partial charge on any atom is 0.333 e. The monoisotopic (exact) mass is 210 g/mol. The topological polar surface area (TPSA) is 86.7 Å². The Balaban J connectivity index is 2.17. The molecule has 78 valence electrons. The van der Waals surface area contributed by atoms with Crippen LogP contribution in [0.15, 0.2) is 0 Å². The highest BCUT2D eigenvalue weighted by Crippen LogP contribution is 2.62. The number of cyclic esters (lactones) is 4. The third-order valence-electron chi connectivity index (χ3n) is 3.60. The maximum absolute atomic E-state index is 11.4. The molecule has 0 amide bonds. The molecule has 0 unspecified atom stereocenters. The fourth-order valence-corrected chi connectivity index (χ4v) is 2.74. The lowest BCUT2D eigenvalue weighted by Crippen LogP contribution is -2.71. The zero-order valence-corrected chi connectivity index (χ0v) is 7.57. The van der Waals surface area contributed by atoms with Gasteiger partial charge in [-0.3, -0.25) is 19.2 Å². The molecule has 0 aromatic carbocycles. The van der Waals surface area contributed by atoms with Crippen LogP contribution in [-0.4, -0.2) is 23.9 Å². The van der Waals surface area contributed by atoms with Crippen LogP contribution in [0.1, 0.15) is 19.3 Å². The molecule has 2 heterocycles. The minimum atomic E-state index is -1.56. The van der Waals surface area contributed by atoms with Crippen LogP contribution < -0.4 is 0 Å². The summed E-state index contributed by atoms with van der Waals surface area (Å²) in [6, 6.07) is 0. The lowest BCUT2D eigenvalue weighted by molar-refractivity contribution is -0.230. The summed E-state index contributed by atoms with van der Waals surface area (Å²) >= 11 is 0. The Hall–Kier alpha value is -1.72. The van der Waals surface area contributed by atoms with Gasteiger partial charge in [0.1, 0.15) is 0 Å². The number of hydrogen-bond acceptors (Lipinski definition) is 6. The predicted octanol–water partition coefficient (Wildman–Crippen LogP) is -0.690. The van der Waals surface area contributed by atoms with Crippen LogP contribution in [0.2, 0.25) is 0 Å². The summed E-state index contributed by atoms with van der Waals surface area (Å²) < 4.78 is 8.53. The third-order valence-corrected chi connectivity index (χ3v) is 3.60. The van der Waals surface area contributed by atoms with Gasteiger partial charge >= 0.3 is 23.9 Å². The molecule has 3 fully saturated rings. The predicted molar refractivity (Wildman–Crippen MR) is 40.9 cm³/mol. The molecule has 6 heteroatoms. The second-order valence-corrected chi connectivity index (χ2v) is 4.02. The Morgan fingerprint density at radius 1 is 0.733 bits per heavy atom. The molecule has 3 rings (SSSR count). The number of ether oxygens (including phenoxy) is 2. The third kappa shape index (κ3) is 0.581. The van der Waals surface area contributed by atoms with Crippen LogP contribution in [0.4, 0.5) is 0 Å². The molecule has 6 nitrogen and oxygen atoms in total. The highest BCUT2D eigenvalue weighted by Gasteiger charge is 2.83. The van der Waals surface area contributed by atoms with Gasteiger partial charge in [0.25, 0.3) is 0 Å². The van der Waals surface area contributed by atoms with E-state index in [1.807, 2.05) is 0 Å². The summed E-state index contributed by atoms with van der Waals surface area (Å²) in [5, 5.41) is 0. The molecule has 1 saturated carbocycles. The van der Waals surface area contributed by atoms with Crippen molar-refractivity contribution in [3.05, 3.63) is 0 Å². The van der Waals surface area contributed by atoms with E-state index in [-0.39, 0.29) is 12.8 Å². The van der Waals surface area contributed by atoms with Gasteiger partial charge in [-0.2, -0.15) is 0 Å². The molecule has 0 bridgehead atoms. The van der Waals surface area contributed by atoms with Crippen molar-refractivity contribution in [1.29, 1.82) is 0 Å². The van der Waals surface area contributed by atoms with Crippen LogP contribution >= 0.6 is 0 Å². The van der Waals surface area contributed by atoms with Gasteiger partial charge in [0.05, 0.1) is 0 Å². The average molecular weight is 210 g/mol. The van der Waals surface area contributed by atoms with Crippen LogP contribution in [0.25, 0.3) is 0 Å². The van der Waals surface area contributed by atoms with E-state index in [2.05, 4.69) is 9.47 Å². The van der Waals surface area contributed by atoms with Crippen molar-refractivity contribution in [1.82, 2.24) is 0 Å². The van der Waals surface area contributed by atoms with E-state index >= 15 is 0 Å². The van der Waals surface area contributed by atoms with E-state index in [0.29, 0.717) is 6.42 Å². The molecule has 0 aromatic heterocycles. The van der Waals surface area contributed by atoms with Gasteiger partial charge in [0.2, 0.25) is 0 Å². The molecule has 0 N–H and O–H groups in total. The van der Waals surface area contributed by atoms with Gasteiger partial charge in [-0.25, -0.2) is 0 Å². The summed E-state index contributed by atoms with van der Waals surface area (Å²) in [5.41, 5.74) is -3.11. The zero-order valence-electron chi connectivity index (χ0n) is 7.57. The van der Waals surface area contributed by atoms with Gasteiger partial charge in [0, 0.05) is 0 Å². The molecule has 0 radical (unpaired) electrons. The number of carbonyl (C=O) groups excluding carboxylic acids is 4. The number of rotatable bonds is 0. The highest BCUT2D eigenvalue weighted by atomic mass is 16.6. The summed E-state index contributed by atoms with van der Waals surface area (Å²) in [4.78, 5) is 45.4. The molecule has 15 heavy (non-hydrogen) atoms. The number of carbonyl (C=O) groups is 4. The maximum atomic E-state index is 11.4. The Kier molecular flexibility index (Phi) is 1.20. The smallest absolute Gasteiger partial charge is 0.333 e. The largest absolute Gasteiger partial charge is 0.391 e. The van der Waals surface area contributed by atoms with Crippen LogP contribution in [0.3, 0.4) is 0 Å². The lowest BCUT2D eigenvalue weighted by Gasteiger charge is -2.46. The number of fused-ring (bicyclic) bond motifs is 1. The molecule has 1 aliphatic carbocycles. The Labute approximate surface area is 83.5 Å². The van der Waals surface area contributed by atoms with Crippen molar-refractivity contribution in [2.75, 3.05) is 0 Å². The van der Waals surface area contributed by atoms with E-state index in [9.17, 15) is 19.2 Å². The second-order valence-electron chi connectivity index (χ2n) is 4.02. The molecule has 2 spiro atoms. The van der Waals surface area contributed by atoms with E-state index in [0.717, 1.165) is 0 Å². The summed E-state index contributed by atoms with van der Waals surface area (Å²) in [5.74, 6) is -3.07. The normalized spacial score (nSPS) is 29.9. The van der Waals surface area contributed by atoms with Gasteiger partial charge in [-0.15, -0.1) is 0 Å². The summed E-state index contributed by atoms with van der Waals surface area (Å²) in [7, 11) is 0. The van der Waals surface area contributed by atoms with E-state index in [4.69, 9.17) is 0 Å². The minimum Gasteiger partial charge on any atom is -0.391 e. The Bertz CT molecular complexity index is 366. The van der Waals surface area contributed by atoms with Crippen molar-refractivity contribution in [3.63, 3.8) is 0 Å². The van der Waals surface area contributed by atoms with Crippen molar-refractivity contribution in [3.8, 4) is 0 Å². The minimum absolute atomic E-state index is 0.200. The van der Waals surface area contributed by atoms with Crippen LogP contribution in [0, 0.1) is 10.8 Å². The molecule has 3 aliphatic rings. The summed E-state index contributed by atoms with van der Waals surface area (Å²) in [6.07, 6.45) is 0.874. The molecular formula is C9H6O6. The van der Waals surface area contributed by atoms with E-state index in [1.165, 1.54) is 0 Å². The van der Waals surface area contributed by atoms with Gasteiger partial charge < -0.3 is 9.47 Å². The fourth-order valence-electron chi connectivity index (χ4n) is 2.74. The van der Waals surface area contributed by atoms with E-state index < -0.39 is 34.7 Å². The Morgan fingerprint density at radius 2 is 1.07 bits per heavy atom. The second kappa shape index (κ2) is 2.10. The first-order valence-electron chi connectivity index (χ1n) is 4.59. The highest BCUT2D eigenvalue weighted by molar-refractivity contribution is 6.27. The van der Waals surface area contributed by atoms with Crippen molar-refractivity contribution < 1.29 is 28.7 Å². The lowest BCUT2D eigenvalue weighted by atomic mass is 9.61. The number of hydrogen-bond donors (Lipinski definition) is 0. The SMILES string of the molecule is O=C1OC(=O)C12CCCC21C(=O)OC1=O. The molecule has 2 aliphatic heterocycles. The Morgan fingerprint density at radius 3 is 1.33 bits per heavy atom. The van der Waals surface area contributed by atoms with Crippen molar-refractivity contribution in [2.24, 2.45) is 10.8 Å². The van der Waals surface area contributed by atoms with Gasteiger partial charge in [0.15, 0.2) is 10.8 Å². The number of esters is 4. The zero-order chi connectivity index (χ0) is 10.8. The quantitative estimate of drug-likeness (QED) is 0.388. The summed E-state index contributed by atoms with van der Waals surface area (Å²) in [6.45, 7) is 0. The van der Waals surface area contributed by atoms with Crippen molar-refractivity contribution >= 4 is 23.9 Å². The molecule has 0 aromatic rings. The average Bonchev–Trinajstić information content (AvgIpc) is 2.64. The molecule has 0 atom stereocenters. The van der Waals surface area contributed by atoms with Gasteiger partial charge in [-0.05, 0) is 19.3 Å². The fraction of sp³-hybridized carbons (Fsp3) is 0.556. The standard InChI is InChI=1S/C9H6O6/c10-4-8(5(11)14-4)2-1-3-9(8)6(12)15-7(9)13/h1-3H2. The first-order chi connectivity index (χ1) is 7.05. The first-order valence-corrected chi connectivity index (χ1v) is 4.59. The van der Waals surface area contributed by atoms with Crippen molar-refractivity contribution in [2.45, 2.75) is 19.3 Å². The molecular weight excluding hydrogens is 204 g/mol. The van der Waals surface area contributed by atoms with E-state index in [1.54, 1.807) is 0 Å². The van der Waals surface area contributed by atoms with Crippen LogP contribution in [-0.2, 0) is 28.7 Å². The van der Waals surface area contributed by atoms with Gasteiger partial charge in [-0.1, -0.05) is 0 Å². The molecule has 2 saturated heterocycles.